The van der Waals surface area contributed by atoms with E-state index in [1.54, 1.807) is 18.2 Å². The monoisotopic (exact) mass is 316 g/mol. The SMILES string of the molecule is Cc1cccc(/C=C(\C(=O)O)c2ccc(Br)cc2)c1. The van der Waals surface area contributed by atoms with Crippen LogP contribution in [0.3, 0.4) is 0 Å². The lowest BCUT2D eigenvalue weighted by atomic mass is 10.0. The lowest BCUT2D eigenvalue weighted by Gasteiger charge is -2.04. The molecule has 0 radical (unpaired) electrons. The Balaban J connectivity index is 2.46. The Kier molecular flexibility index (Phi) is 4.17. The standard InChI is InChI=1S/C16H13BrO2/c1-11-3-2-4-12(9-11)10-15(16(18)19)13-5-7-14(17)8-6-13/h2-10H,1H3,(H,18,19)/b15-10-. The van der Waals surface area contributed by atoms with Crippen LogP contribution in [0.5, 0.6) is 0 Å². The first-order valence-corrected chi connectivity index (χ1v) is 6.63. The minimum Gasteiger partial charge on any atom is -0.478 e. The second-order valence-electron chi connectivity index (χ2n) is 4.28. The van der Waals surface area contributed by atoms with E-state index in [1.807, 2.05) is 43.3 Å². The first-order valence-electron chi connectivity index (χ1n) is 5.84. The highest BCUT2D eigenvalue weighted by molar-refractivity contribution is 9.10. The largest absolute Gasteiger partial charge is 0.478 e. The third kappa shape index (κ3) is 3.55. The normalized spacial score (nSPS) is 11.4. The Morgan fingerprint density at radius 3 is 2.42 bits per heavy atom. The molecule has 2 nitrogen and oxygen atoms in total. The van der Waals surface area contributed by atoms with Crippen LogP contribution in [0.15, 0.2) is 53.0 Å². The zero-order chi connectivity index (χ0) is 13.8. The number of halogens is 1. The Labute approximate surface area is 120 Å². The van der Waals surface area contributed by atoms with Crippen LogP contribution in [0.25, 0.3) is 11.6 Å². The molecule has 0 bridgehead atoms. The van der Waals surface area contributed by atoms with Crippen molar-refractivity contribution >= 4 is 33.5 Å². The second kappa shape index (κ2) is 5.85. The molecule has 96 valence electrons. The number of aryl methyl sites for hydroxylation is 1. The Morgan fingerprint density at radius 1 is 1.16 bits per heavy atom. The number of aliphatic carboxylic acids is 1. The predicted octanol–water partition coefficient (Wildman–Crippen LogP) is 4.38. The molecule has 0 spiro atoms. The maximum atomic E-state index is 11.4. The fourth-order valence-corrected chi connectivity index (χ4v) is 2.09. The van der Waals surface area contributed by atoms with Crippen molar-refractivity contribution in [3.63, 3.8) is 0 Å². The molecule has 19 heavy (non-hydrogen) atoms. The molecule has 0 aliphatic rings. The zero-order valence-corrected chi connectivity index (χ0v) is 12.0. The molecule has 1 N–H and O–H groups in total. The first kappa shape index (κ1) is 13.6. The van der Waals surface area contributed by atoms with Crippen LogP contribution in [-0.4, -0.2) is 11.1 Å². The highest BCUT2D eigenvalue weighted by atomic mass is 79.9. The number of carboxylic acids is 1. The van der Waals surface area contributed by atoms with Crippen LogP contribution in [0, 0.1) is 6.92 Å². The molecule has 0 amide bonds. The molecule has 2 aromatic carbocycles. The number of carbonyl (C=O) groups is 1. The lowest BCUT2D eigenvalue weighted by molar-refractivity contribution is -0.130. The Hall–Kier alpha value is -1.87. The van der Waals surface area contributed by atoms with E-state index in [2.05, 4.69) is 15.9 Å². The van der Waals surface area contributed by atoms with Gasteiger partial charge in [0.15, 0.2) is 0 Å². The maximum Gasteiger partial charge on any atom is 0.336 e. The van der Waals surface area contributed by atoms with Crippen molar-refractivity contribution in [2.24, 2.45) is 0 Å². The van der Waals surface area contributed by atoms with Gasteiger partial charge in [-0.15, -0.1) is 0 Å². The number of rotatable bonds is 3. The van der Waals surface area contributed by atoms with Crippen LogP contribution in [0.1, 0.15) is 16.7 Å². The van der Waals surface area contributed by atoms with Crippen molar-refractivity contribution in [3.8, 4) is 0 Å². The van der Waals surface area contributed by atoms with Crippen LogP contribution < -0.4 is 0 Å². The van der Waals surface area contributed by atoms with Gasteiger partial charge in [-0.2, -0.15) is 0 Å². The van der Waals surface area contributed by atoms with Gasteiger partial charge in [-0.05, 0) is 36.3 Å². The fraction of sp³-hybridized carbons (Fsp3) is 0.0625. The summed E-state index contributed by atoms with van der Waals surface area (Å²) >= 11 is 3.34. The van der Waals surface area contributed by atoms with Gasteiger partial charge in [-0.3, -0.25) is 0 Å². The van der Waals surface area contributed by atoms with Gasteiger partial charge in [0.2, 0.25) is 0 Å². The fourth-order valence-electron chi connectivity index (χ4n) is 1.82. The minimum atomic E-state index is -0.927. The summed E-state index contributed by atoms with van der Waals surface area (Å²) in [4.78, 5) is 11.4. The van der Waals surface area contributed by atoms with Crippen molar-refractivity contribution in [1.82, 2.24) is 0 Å². The molecule has 0 unspecified atom stereocenters. The van der Waals surface area contributed by atoms with E-state index >= 15 is 0 Å². The highest BCUT2D eigenvalue weighted by Gasteiger charge is 2.10. The summed E-state index contributed by atoms with van der Waals surface area (Å²) in [7, 11) is 0. The van der Waals surface area contributed by atoms with Crippen LogP contribution >= 0.6 is 15.9 Å². The second-order valence-corrected chi connectivity index (χ2v) is 5.20. The lowest BCUT2D eigenvalue weighted by Crippen LogP contribution is -1.99. The summed E-state index contributed by atoms with van der Waals surface area (Å²) in [6.07, 6.45) is 1.69. The van der Waals surface area contributed by atoms with E-state index in [0.29, 0.717) is 5.56 Å². The van der Waals surface area contributed by atoms with E-state index < -0.39 is 5.97 Å². The summed E-state index contributed by atoms with van der Waals surface area (Å²) in [5.74, 6) is -0.927. The van der Waals surface area contributed by atoms with E-state index in [0.717, 1.165) is 15.6 Å². The molecule has 0 aliphatic carbocycles. The van der Waals surface area contributed by atoms with Gasteiger partial charge in [-0.25, -0.2) is 4.79 Å². The van der Waals surface area contributed by atoms with E-state index in [4.69, 9.17) is 0 Å². The van der Waals surface area contributed by atoms with E-state index in [9.17, 15) is 9.90 Å². The summed E-state index contributed by atoms with van der Waals surface area (Å²) in [6.45, 7) is 1.98. The van der Waals surface area contributed by atoms with Gasteiger partial charge < -0.3 is 5.11 Å². The average molecular weight is 317 g/mol. The predicted molar refractivity (Wildman–Crippen MR) is 80.8 cm³/mol. The summed E-state index contributed by atoms with van der Waals surface area (Å²) in [5, 5.41) is 9.35. The van der Waals surface area contributed by atoms with Crippen molar-refractivity contribution in [2.75, 3.05) is 0 Å². The third-order valence-corrected chi connectivity index (χ3v) is 3.27. The van der Waals surface area contributed by atoms with E-state index in [-0.39, 0.29) is 5.57 Å². The zero-order valence-electron chi connectivity index (χ0n) is 10.4. The topological polar surface area (TPSA) is 37.3 Å². The smallest absolute Gasteiger partial charge is 0.336 e. The van der Waals surface area contributed by atoms with Gasteiger partial charge >= 0.3 is 5.97 Å². The van der Waals surface area contributed by atoms with Crippen molar-refractivity contribution in [3.05, 3.63) is 69.7 Å². The molecule has 0 atom stereocenters. The Bertz CT molecular complexity index is 627. The highest BCUT2D eigenvalue weighted by Crippen LogP contribution is 2.21. The molecular weight excluding hydrogens is 304 g/mol. The molecule has 0 saturated heterocycles. The molecule has 0 saturated carbocycles. The first-order chi connectivity index (χ1) is 9.06. The van der Waals surface area contributed by atoms with Gasteiger partial charge in [0, 0.05) is 4.47 Å². The Morgan fingerprint density at radius 2 is 1.84 bits per heavy atom. The summed E-state index contributed by atoms with van der Waals surface area (Å²) in [5.41, 5.74) is 2.98. The molecule has 0 heterocycles. The van der Waals surface area contributed by atoms with Gasteiger partial charge in [0.05, 0.1) is 5.57 Å². The molecule has 0 fully saturated rings. The molecule has 0 aliphatic heterocycles. The molecular formula is C16H13BrO2. The maximum absolute atomic E-state index is 11.4. The third-order valence-electron chi connectivity index (χ3n) is 2.74. The van der Waals surface area contributed by atoms with Crippen molar-refractivity contribution in [2.45, 2.75) is 6.92 Å². The average Bonchev–Trinajstić information content (AvgIpc) is 2.37. The van der Waals surface area contributed by atoms with Gasteiger partial charge in [0.25, 0.3) is 0 Å². The number of benzene rings is 2. The molecule has 2 aromatic rings. The van der Waals surface area contributed by atoms with Crippen molar-refractivity contribution in [1.29, 1.82) is 0 Å². The number of hydrogen-bond donors (Lipinski definition) is 1. The van der Waals surface area contributed by atoms with Crippen LogP contribution in [0.4, 0.5) is 0 Å². The molecule has 0 aromatic heterocycles. The number of carboxylic acid groups (broad SMARTS) is 1. The van der Waals surface area contributed by atoms with Gasteiger partial charge in [-0.1, -0.05) is 57.9 Å². The molecule has 3 heteroatoms. The summed E-state index contributed by atoms with van der Waals surface area (Å²) < 4.78 is 0.927. The quantitative estimate of drug-likeness (QED) is 0.674. The summed E-state index contributed by atoms with van der Waals surface area (Å²) in [6, 6.07) is 15.0. The van der Waals surface area contributed by atoms with E-state index in [1.165, 1.54) is 0 Å². The number of hydrogen-bond acceptors (Lipinski definition) is 1. The van der Waals surface area contributed by atoms with Crippen molar-refractivity contribution < 1.29 is 9.90 Å². The molecule has 2 rings (SSSR count). The minimum absolute atomic E-state index is 0.290. The van der Waals surface area contributed by atoms with Gasteiger partial charge in [0.1, 0.15) is 0 Å². The van der Waals surface area contributed by atoms with Crippen LogP contribution in [0.2, 0.25) is 0 Å². The van der Waals surface area contributed by atoms with Crippen LogP contribution in [-0.2, 0) is 4.79 Å².